The van der Waals surface area contributed by atoms with Crippen LogP contribution in [-0.4, -0.2) is 27.4 Å². The fraction of sp³-hybridized carbons (Fsp3) is 0.556. The molecule has 0 aliphatic carbocycles. The number of halogens is 1. The minimum Gasteiger partial charge on any atom is -0.396 e. The monoisotopic (exact) mass is 232 g/mol. The van der Waals surface area contributed by atoms with E-state index >= 15 is 0 Å². The van der Waals surface area contributed by atoms with Crippen molar-refractivity contribution in [3.05, 3.63) is 17.0 Å². The zero-order chi connectivity index (χ0) is 10.4. The number of hydrogen-bond acceptors (Lipinski definition) is 4. The van der Waals surface area contributed by atoms with Gasteiger partial charge in [0.25, 0.3) is 0 Å². The molecule has 1 rings (SSSR count). The molecule has 5 heteroatoms. The second kappa shape index (κ2) is 6.22. The van der Waals surface area contributed by atoms with Crippen LogP contribution >= 0.6 is 23.4 Å². The van der Waals surface area contributed by atoms with Crippen LogP contribution in [0.3, 0.4) is 0 Å². The Labute approximate surface area is 92.9 Å². The third kappa shape index (κ3) is 3.82. The summed E-state index contributed by atoms with van der Waals surface area (Å²) in [6.45, 7) is 2.22. The van der Waals surface area contributed by atoms with Gasteiger partial charge in [0.05, 0.1) is 6.61 Å². The molecule has 1 aromatic rings. The third-order valence-electron chi connectivity index (χ3n) is 1.53. The largest absolute Gasteiger partial charge is 0.396 e. The number of aromatic nitrogens is 2. The summed E-state index contributed by atoms with van der Waals surface area (Å²) in [5.41, 5.74) is 0. The molecular weight excluding hydrogens is 220 g/mol. The maximum atomic E-state index is 8.67. The van der Waals surface area contributed by atoms with Crippen LogP contribution in [0.4, 0.5) is 0 Å². The van der Waals surface area contributed by atoms with Gasteiger partial charge in [0.2, 0.25) is 0 Å². The van der Waals surface area contributed by atoms with Gasteiger partial charge in [0.15, 0.2) is 0 Å². The molecule has 0 aliphatic heterocycles. The topological polar surface area (TPSA) is 46.0 Å². The first-order valence-corrected chi connectivity index (χ1v) is 5.89. The minimum atomic E-state index is 0.148. The molecule has 0 fully saturated rings. The predicted octanol–water partition coefficient (Wildman–Crippen LogP) is 2.17. The first-order valence-electron chi connectivity index (χ1n) is 4.53. The lowest BCUT2D eigenvalue weighted by molar-refractivity contribution is 0.322. The summed E-state index contributed by atoms with van der Waals surface area (Å²) >= 11 is 7.33. The summed E-state index contributed by atoms with van der Waals surface area (Å²) in [6, 6.07) is 1.72. The third-order valence-corrected chi connectivity index (χ3v) is 2.62. The molecule has 0 aromatic carbocycles. The summed E-state index contributed by atoms with van der Waals surface area (Å²) < 4.78 is 0. The molecule has 0 aliphatic rings. The van der Waals surface area contributed by atoms with E-state index in [0.29, 0.717) is 10.9 Å². The van der Waals surface area contributed by atoms with E-state index in [9.17, 15) is 0 Å². The van der Waals surface area contributed by atoms with Crippen LogP contribution in [0.5, 0.6) is 0 Å². The van der Waals surface area contributed by atoms with Crippen LogP contribution < -0.4 is 0 Å². The molecule has 0 saturated carbocycles. The van der Waals surface area contributed by atoms with Crippen LogP contribution in [0.2, 0.25) is 5.15 Å². The van der Waals surface area contributed by atoms with Crippen molar-refractivity contribution < 1.29 is 5.11 Å². The van der Waals surface area contributed by atoms with E-state index in [2.05, 4.69) is 16.9 Å². The Morgan fingerprint density at radius 2 is 2.29 bits per heavy atom. The first-order chi connectivity index (χ1) is 6.76. The smallest absolute Gasteiger partial charge is 0.133 e. The molecule has 78 valence electrons. The highest BCUT2D eigenvalue weighted by atomic mass is 35.5. The van der Waals surface area contributed by atoms with E-state index in [1.54, 1.807) is 6.07 Å². The molecule has 0 amide bonds. The normalized spacial score (nSPS) is 10.5. The lowest BCUT2D eigenvalue weighted by atomic mass is 10.3. The summed E-state index contributed by atoms with van der Waals surface area (Å²) in [4.78, 5) is 8.43. The first kappa shape index (κ1) is 11.8. The average Bonchev–Trinajstić information content (AvgIpc) is 2.14. The number of aliphatic hydroxyl groups is 1. The molecule has 0 atom stereocenters. The van der Waals surface area contributed by atoms with Gasteiger partial charge in [0, 0.05) is 18.2 Å². The number of nitrogens with zero attached hydrogens (tertiary/aromatic N) is 2. The highest BCUT2D eigenvalue weighted by Gasteiger charge is 2.02. The van der Waals surface area contributed by atoms with Crippen molar-refractivity contribution in [1.82, 2.24) is 9.97 Å². The van der Waals surface area contributed by atoms with E-state index < -0.39 is 0 Å². The van der Waals surface area contributed by atoms with Crippen LogP contribution in [0.25, 0.3) is 0 Å². The van der Waals surface area contributed by atoms with Gasteiger partial charge in [0.1, 0.15) is 16.0 Å². The van der Waals surface area contributed by atoms with Crippen molar-refractivity contribution >= 4 is 23.4 Å². The lowest BCUT2D eigenvalue weighted by Gasteiger charge is -2.02. The Kier molecular flexibility index (Phi) is 5.22. The SMILES string of the molecule is CCCc1nc(Cl)cc(SCCO)n1. The zero-order valence-corrected chi connectivity index (χ0v) is 9.61. The number of aryl methyl sites for hydroxylation is 1. The van der Waals surface area contributed by atoms with Gasteiger partial charge in [-0.05, 0) is 6.42 Å². The van der Waals surface area contributed by atoms with Gasteiger partial charge in [-0.3, -0.25) is 0 Å². The molecule has 0 bridgehead atoms. The maximum Gasteiger partial charge on any atom is 0.133 e. The maximum absolute atomic E-state index is 8.67. The molecule has 0 saturated heterocycles. The number of hydrogen-bond donors (Lipinski definition) is 1. The molecule has 1 heterocycles. The average molecular weight is 233 g/mol. The van der Waals surface area contributed by atoms with Crippen molar-refractivity contribution in [2.75, 3.05) is 12.4 Å². The summed E-state index contributed by atoms with van der Waals surface area (Å²) in [5.74, 6) is 1.42. The van der Waals surface area contributed by atoms with Gasteiger partial charge in [-0.25, -0.2) is 9.97 Å². The van der Waals surface area contributed by atoms with Gasteiger partial charge in [-0.1, -0.05) is 18.5 Å². The van der Waals surface area contributed by atoms with Crippen LogP contribution in [-0.2, 0) is 6.42 Å². The van der Waals surface area contributed by atoms with Crippen LogP contribution in [0, 0.1) is 0 Å². The molecule has 0 radical (unpaired) electrons. The molecule has 1 N–H and O–H groups in total. The van der Waals surface area contributed by atoms with E-state index in [0.717, 1.165) is 23.7 Å². The number of rotatable bonds is 5. The zero-order valence-electron chi connectivity index (χ0n) is 8.03. The summed E-state index contributed by atoms with van der Waals surface area (Å²) in [5, 5.41) is 9.98. The molecule has 0 unspecified atom stereocenters. The van der Waals surface area contributed by atoms with Crippen molar-refractivity contribution in [2.24, 2.45) is 0 Å². The fourth-order valence-corrected chi connectivity index (χ4v) is 1.93. The van der Waals surface area contributed by atoms with Crippen LogP contribution in [0.1, 0.15) is 19.2 Å². The molecule has 14 heavy (non-hydrogen) atoms. The quantitative estimate of drug-likeness (QED) is 0.624. The fourth-order valence-electron chi connectivity index (χ4n) is 1.00. The molecule has 3 nitrogen and oxygen atoms in total. The van der Waals surface area contributed by atoms with E-state index in [1.807, 2.05) is 0 Å². The van der Waals surface area contributed by atoms with Crippen molar-refractivity contribution in [2.45, 2.75) is 24.8 Å². The number of aliphatic hydroxyl groups excluding tert-OH is 1. The van der Waals surface area contributed by atoms with Crippen molar-refractivity contribution in [1.29, 1.82) is 0 Å². The van der Waals surface area contributed by atoms with Crippen LogP contribution in [0.15, 0.2) is 11.1 Å². The van der Waals surface area contributed by atoms with Gasteiger partial charge in [-0.2, -0.15) is 0 Å². The minimum absolute atomic E-state index is 0.148. The Morgan fingerprint density at radius 3 is 2.93 bits per heavy atom. The Morgan fingerprint density at radius 1 is 1.50 bits per heavy atom. The highest BCUT2D eigenvalue weighted by molar-refractivity contribution is 7.99. The second-order valence-electron chi connectivity index (χ2n) is 2.77. The standard InChI is InChI=1S/C9H13ClN2OS/c1-2-3-8-11-7(10)6-9(12-8)14-5-4-13/h6,13H,2-5H2,1H3. The van der Waals surface area contributed by atoms with Gasteiger partial charge < -0.3 is 5.11 Å². The summed E-state index contributed by atoms with van der Waals surface area (Å²) in [6.07, 6.45) is 1.84. The lowest BCUT2D eigenvalue weighted by Crippen LogP contribution is -1.97. The van der Waals surface area contributed by atoms with Crippen molar-refractivity contribution in [3.8, 4) is 0 Å². The van der Waals surface area contributed by atoms with Crippen molar-refractivity contribution in [3.63, 3.8) is 0 Å². The predicted molar refractivity (Wildman–Crippen MR) is 58.8 cm³/mol. The van der Waals surface area contributed by atoms with Gasteiger partial charge in [-0.15, -0.1) is 11.8 Å². The van der Waals surface area contributed by atoms with E-state index in [-0.39, 0.29) is 6.61 Å². The Hall–Kier alpha value is -0.320. The molecule has 0 spiro atoms. The summed E-state index contributed by atoms with van der Waals surface area (Å²) in [7, 11) is 0. The van der Waals surface area contributed by atoms with Gasteiger partial charge >= 0.3 is 0 Å². The number of thioether (sulfide) groups is 1. The molecule has 1 aromatic heterocycles. The highest BCUT2D eigenvalue weighted by Crippen LogP contribution is 2.18. The van der Waals surface area contributed by atoms with E-state index in [1.165, 1.54) is 11.8 Å². The molecular formula is C9H13ClN2OS. The van der Waals surface area contributed by atoms with E-state index in [4.69, 9.17) is 16.7 Å². The second-order valence-corrected chi connectivity index (χ2v) is 4.27. The Balaban J connectivity index is 2.73. The Bertz CT molecular complexity index is 296.